The van der Waals surface area contributed by atoms with E-state index in [1.165, 1.54) is 11.3 Å². The third-order valence-corrected chi connectivity index (χ3v) is 5.25. The van der Waals surface area contributed by atoms with E-state index in [1.807, 2.05) is 6.92 Å². The first-order valence-corrected chi connectivity index (χ1v) is 7.60. The molecule has 0 amide bonds. The van der Waals surface area contributed by atoms with Gasteiger partial charge >= 0.3 is 0 Å². The van der Waals surface area contributed by atoms with E-state index in [0.29, 0.717) is 13.0 Å². The van der Waals surface area contributed by atoms with Gasteiger partial charge in [-0.3, -0.25) is 0 Å². The third-order valence-electron chi connectivity index (χ3n) is 2.18. The van der Waals surface area contributed by atoms with Crippen molar-refractivity contribution in [3.63, 3.8) is 0 Å². The second-order valence-electron chi connectivity index (χ2n) is 3.55. The fourth-order valence-corrected chi connectivity index (χ4v) is 3.76. The molecular weight excluding hydrogens is 256 g/mol. The Balaban J connectivity index is 2.85. The molecule has 1 unspecified atom stereocenters. The Kier molecular flexibility index (Phi) is 5.15. The van der Waals surface area contributed by atoms with E-state index in [1.54, 1.807) is 12.1 Å². The van der Waals surface area contributed by atoms with Crippen molar-refractivity contribution in [3.8, 4) is 12.3 Å². The molecule has 0 saturated carbocycles. The summed E-state index contributed by atoms with van der Waals surface area (Å²) in [5.74, 6) is 2.44. The average Bonchev–Trinajstić information content (AvgIpc) is 2.77. The van der Waals surface area contributed by atoms with Gasteiger partial charge in [-0.15, -0.1) is 17.8 Å². The minimum atomic E-state index is -3.51. The van der Waals surface area contributed by atoms with Crippen LogP contribution in [0.1, 0.15) is 24.6 Å². The summed E-state index contributed by atoms with van der Waals surface area (Å²) in [4.78, 5) is 0.832. The molecule has 0 saturated heterocycles. The Labute approximate surface area is 106 Å². The number of sulfonamides is 1. The second-order valence-corrected chi connectivity index (χ2v) is 6.66. The normalized spacial score (nSPS) is 13.2. The monoisotopic (exact) mass is 272 g/mol. The van der Waals surface area contributed by atoms with Crippen molar-refractivity contribution in [2.75, 3.05) is 0 Å². The van der Waals surface area contributed by atoms with Gasteiger partial charge in [-0.2, -0.15) is 4.72 Å². The molecule has 0 aromatic carbocycles. The summed E-state index contributed by atoms with van der Waals surface area (Å²) in [7, 11) is -3.51. The van der Waals surface area contributed by atoms with Crippen LogP contribution < -0.4 is 10.5 Å². The Morgan fingerprint density at radius 1 is 1.59 bits per heavy atom. The SMILES string of the molecule is C#CC(CCC)NS(=O)(=O)c1ccc(CN)s1. The largest absolute Gasteiger partial charge is 0.326 e. The van der Waals surface area contributed by atoms with Crippen LogP contribution in [0.15, 0.2) is 16.3 Å². The van der Waals surface area contributed by atoms with Gasteiger partial charge in [0.15, 0.2) is 0 Å². The van der Waals surface area contributed by atoms with Gasteiger partial charge in [0.05, 0.1) is 6.04 Å². The highest BCUT2D eigenvalue weighted by atomic mass is 32.2. The van der Waals surface area contributed by atoms with Crippen LogP contribution in [-0.2, 0) is 16.6 Å². The molecule has 17 heavy (non-hydrogen) atoms. The maximum atomic E-state index is 12.0. The number of hydrogen-bond acceptors (Lipinski definition) is 4. The Morgan fingerprint density at radius 2 is 2.29 bits per heavy atom. The summed E-state index contributed by atoms with van der Waals surface area (Å²) in [5, 5.41) is 0. The number of terminal acetylenes is 1. The number of hydrogen-bond donors (Lipinski definition) is 2. The lowest BCUT2D eigenvalue weighted by molar-refractivity contribution is 0.566. The minimum absolute atomic E-state index is 0.259. The van der Waals surface area contributed by atoms with Crippen molar-refractivity contribution in [1.29, 1.82) is 0 Å². The van der Waals surface area contributed by atoms with E-state index in [4.69, 9.17) is 12.2 Å². The highest BCUT2D eigenvalue weighted by Crippen LogP contribution is 2.21. The smallest absolute Gasteiger partial charge is 0.251 e. The molecule has 0 aliphatic rings. The Morgan fingerprint density at radius 3 is 2.76 bits per heavy atom. The quantitative estimate of drug-likeness (QED) is 0.766. The van der Waals surface area contributed by atoms with Crippen LogP contribution in [-0.4, -0.2) is 14.5 Å². The highest BCUT2D eigenvalue weighted by Gasteiger charge is 2.19. The zero-order valence-electron chi connectivity index (χ0n) is 9.64. The van der Waals surface area contributed by atoms with Crippen molar-refractivity contribution < 1.29 is 8.42 Å². The van der Waals surface area contributed by atoms with Crippen LogP contribution in [0.5, 0.6) is 0 Å². The minimum Gasteiger partial charge on any atom is -0.326 e. The van der Waals surface area contributed by atoms with Crippen molar-refractivity contribution in [1.82, 2.24) is 4.72 Å². The molecule has 0 radical (unpaired) electrons. The van der Waals surface area contributed by atoms with Gasteiger partial charge in [0, 0.05) is 11.4 Å². The molecule has 4 nitrogen and oxygen atoms in total. The van der Waals surface area contributed by atoms with Crippen LogP contribution in [0.3, 0.4) is 0 Å². The summed E-state index contributed by atoms with van der Waals surface area (Å²) < 4.78 is 26.7. The summed E-state index contributed by atoms with van der Waals surface area (Å²) in [6, 6.07) is 2.81. The molecule has 0 aliphatic heterocycles. The van der Waals surface area contributed by atoms with Crippen LogP contribution in [0.4, 0.5) is 0 Å². The standard InChI is InChI=1S/C11H16N2O2S2/c1-3-5-9(4-2)13-17(14,15)11-7-6-10(8-12)16-11/h2,6-7,9,13H,3,5,8,12H2,1H3. The predicted octanol–water partition coefficient (Wildman–Crippen LogP) is 1.29. The van der Waals surface area contributed by atoms with Gasteiger partial charge in [-0.1, -0.05) is 19.3 Å². The number of rotatable bonds is 6. The second kappa shape index (κ2) is 6.17. The van der Waals surface area contributed by atoms with Gasteiger partial charge in [-0.05, 0) is 18.6 Å². The lowest BCUT2D eigenvalue weighted by atomic mass is 10.2. The zero-order chi connectivity index (χ0) is 12.9. The van der Waals surface area contributed by atoms with Crippen molar-refractivity contribution in [3.05, 3.63) is 17.0 Å². The predicted molar refractivity (Wildman–Crippen MR) is 70.1 cm³/mol. The lowest BCUT2D eigenvalue weighted by Crippen LogP contribution is -2.33. The van der Waals surface area contributed by atoms with Gasteiger partial charge in [0.25, 0.3) is 10.0 Å². The van der Waals surface area contributed by atoms with E-state index in [9.17, 15) is 8.42 Å². The molecule has 0 fully saturated rings. The van der Waals surface area contributed by atoms with Gasteiger partial charge in [-0.25, -0.2) is 8.42 Å². The molecule has 3 N–H and O–H groups in total. The summed E-state index contributed by atoms with van der Waals surface area (Å²) in [5.41, 5.74) is 5.44. The van der Waals surface area contributed by atoms with Crippen molar-refractivity contribution in [2.45, 2.75) is 36.6 Å². The van der Waals surface area contributed by atoms with Crippen LogP contribution in [0, 0.1) is 12.3 Å². The molecule has 0 spiro atoms. The molecule has 1 heterocycles. The molecular formula is C11H16N2O2S2. The fraction of sp³-hybridized carbons (Fsp3) is 0.455. The van der Waals surface area contributed by atoms with Gasteiger partial charge < -0.3 is 5.73 Å². The Hall–Kier alpha value is -0.870. The summed E-state index contributed by atoms with van der Waals surface area (Å²) in [6.45, 7) is 2.30. The zero-order valence-corrected chi connectivity index (χ0v) is 11.3. The Bertz CT molecular complexity index is 500. The van der Waals surface area contributed by atoms with Crippen LogP contribution >= 0.6 is 11.3 Å². The number of nitrogens with two attached hydrogens (primary N) is 1. The van der Waals surface area contributed by atoms with E-state index < -0.39 is 16.1 Å². The average molecular weight is 272 g/mol. The molecule has 6 heteroatoms. The third kappa shape index (κ3) is 3.82. The molecule has 1 rings (SSSR count). The lowest BCUT2D eigenvalue weighted by Gasteiger charge is -2.11. The molecule has 1 atom stereocenters. The summed E-state index contributed by atoms with van der Waals surface area (Å²) in [6.07, 6.45) is 6.74. The van der Waals surface area contributed by atoms with Crippen molar-refractivity contribution >= 4 is 21.4 Å². The molecule has 94 valence electrons. The maximum absolute atomic E-state index is 12.0. The number of thiophene rings is 1. The van der Waals surface area contributed by atoms with Crippen molar-refractivity contribution in [2.24, 2.45) is 5.73 Å². The van der Waals surface area contributed by atoms with Crippen LogP contribution in [0.2, 0.25) is 0 Å². The number of nitrogens with one attached hydrogen (secondary N) is 1. The first-order chi connectivity index (χ1) is 8.03. The van der Waals surface area contributed by atoms with E-state index in [2.05, 4.69) is 10.6 Å². The fourth-order valence-electron chi connectivity index (χ4n) is 1.32. The van der Waals surface area contributed by atoms with E-state index in [0.717, 1.165) is 11.3 Å². The van der Waals surface area contributed by atoms with Crippen LogP contribution in [0.25, 0.3) is 0 Å². The van der Waals surface area contributed by atoms with Gasteiger partial charge in [0.1, 0.15) is 4.21 Å². The summed E-state index contributed by atoms with van der Waals surface area (Å²) >= 11 is 1.17. The van der Waals surface area contributed by atoms with E-state index >= 15 is 0 Å². The first-order valence-electron chi connectivity index (χ1n) is 5.30. The molecule has 0 bridgehead atoms. The first kappa shape index (κ1) is 14.2. The van der Waals surface area contributed by atoms with Gasteiger partial charge in [0.2, 0.25) is 0 Å². The molecule has 1 aromatic heterocycles. The highest BCUT2D eigenvalue weighted by molar-refractivity contribution is 7.91. The maximum Gasteiger partial charge on any atom is 0.251 e. The topological polar surface area (TPSA) is 72.2 Å². The molecule has 1 aromatic rings. The van der Waals surface area contributed by atoms with E-state index in [-0.39, 0.29) is 4.21 Å². The molecule has 0 aliphatic carbocycles.